The molecule has 7 nitrogen and oxygen atoms in total. The van der Waals surface area contributed by atoms with Gasteiger partial charge in [-0.3, -0.25) is 9.10 Å². The van der Waals surface area contributed by atoms with Crippen molar-refractivity contribution in [3.8, 4) is 0 Å². The maximum Gasteiger partial charge on any atom is 0.338 e. The molecule has 32 heavy (non-hydrogen) atoms. The highest BCUT2D eigenvalue weighted by Gasteiger charge is 2.23. The molecule has 0 spiro atoms. The molecule has 0 aliphatic heterocycles. The molecule has 1 N–H and O–H groups in total. The van der Waals surface area contributed by atoms with E-state index in [1.54, 1.807) is 49.4 Å². The van der Waals surface area contributed by atoms with Crippen LogP contribution in [0.2, 0.25) is 0 Å². The lowest BCUT2D eigenvalue weighted by Gasteiger charge is -2.24. The maximum absolute atomic E-state index is 13.1. The van der Waals surface area contributed by atoms with Crippen LogP contribution in [-0.2, 0) is 21.3 Å². The van der Waals surface area contributed by atoms with Crippen molar-refractivity contribution < 1.29 is 22.7 Å². The molecule has 0 saturated carbocycles. The molecule has 1 amide bonds. The second-order valence-electron chi connectivity index (χ2n) is 7.03. The van der Waals surface area contributed by atoms with Crippen LogP contribution in [0.15, 0.2) is 78.9 Å². The fourth-order valence-corrected chi connectivity index (χ4v) is 4.05. The number of sulfonamides is 1. The summed E-state index contributed by atoms with van der Waals surface area (Å²) in [5.74, 6) is -0.988. The van der Waals surface area contributed by atoms with Crippen molar-refractivity contribution >= 4 is 33.3 Å². The van der Waals surface area contributed by atoms with Crippen molar-refractivity contribution in [2.75, 3.05) is 22.5 Å². The Kier molecular flexibility index (Phi) is 7.27. The number of benzene rings is 3. The van der Waals surface area contributed by atoms with E-state index in [0.29, 0.717) is 11.3 Å². The summed E-state index contributed by atoms with van der Waals surface area (Å²) in [6.07, 6.45) is 1.10. The van der Waals surface area contributed by atoms with E-state index >= 15 is 0 Å². The smallest absolute Gasteiger partial charge is 0.338 e. The number of ether oxygens (including phenoxy) is 1. The van der Waals surface area contributed by atoms with E-state index in [2.05, 4.69) is 5.32 Å². The first-order chi connectivity index (χ1) is 15.3. The molecular weight excluding hydrogens is 428 g/mol. The predicted octanol–water partition coefficient (Wildman–Crippen LogP) is 4.08. The van der Waals surface area contributed by atoms with E-state index < -0.39 is 21.9 Å². The van der Waals surface area contributed by atoms with Gasteiger partial charge in [0.1, 0.15) is 0 Å². The average molecular weight is 453 g/mol. The Labute approximate surface area is 187 Å². The zero-order valence-corrected chi connectivity index (χ0v) is 18.6. The minimum Gasteiger partial charge on any atom is -0.462 e. The third-order valence-electron chi connectivity index (χ3n) is 4.62. The fourth-order valence-electron chi connectivity index (χ4n) is 3.15. The van der Waals surface area contributed by atoms with Crippen LogP contribution in [0.4, 0.5) is 11.4 Å². The molecule has 3 aromatic rings. The average Bonchev–Trinajstić information content (AvgIpc) is 2.78. The second kappa shape index (κ2) is 10.1. The van der Waals surface area contributed by atoms with E-state index in [-0.39, 0.29) is 24.4 Å². The molecule has 3 rings (SSSR count). The van der Waals surface area contributed by atoms with Crippen molar-refractivity contribution in [1.29, 1.82) is 0 Å². The molecule has 3 aromatic carbocycles. The van der Waals surface area contributed by atoms with Gasteiger partial charge >= 0.3 is 5.97 Å². The normalized spacial score (nSPS) is 10.9. The molecule has 0 fully saturated rings. The van der Waals surface area contributed by atoms with Gasteiger partial charge < -0.3 is 10.1 Å². The first kappa shape index (κ1) is 23.0. The van der Waals surface area contributed by atoms with Crippen LogP contribution < -0.4 is 9.62 Å². The lowest BCUT2D eigenvalue weighted by atomic mass is 10.1. The van der Waals surface area contributed by atoms with Gasteiger partial charge in [-0.1, -0.05) is 48.5 Å². The van der Waals surface area contributed by atoms with Crippen molar-refractivity contribution in [2.24, 2.45) is 0 Å². The molecule has 0 atom stereocenters. The van der Waals surface area contributed by atoms with Crippen molar-refractivity contribution in [3.63, 3.8) is 0 Å². The lowest BCUT2D eigenvalue weighted by Crippen LogP contribution is -2.31. The lowest BCUT2D eigenvalue weighted by molar-refractivity contribution is 0.0526. The minimum absolute atomic E-state index is 0.0856. The summed E-state index contributed by atoms with van der Waals surface area (Å²) in [4.78, 5) is 25.0. The quantitative estimate of drug-likeness (QED) is 0.520. The van der Waals surface area contributed by atoms with Crippen LogP contribution in [-0.4, -0.2) is 33.2 Å². The van der Waals surface area contributed by atoms with Gasteiger partial charge in [-0.15, -0.1) is 0 Å². The molecule has 0 unspecified atom stereocenters. The summed E-state index contributed by atoms with van der Waals surface area (Å²) in [6.45, 7) is 2.04. The van der Waals surface area contributed by atoms with Gasteiger partial charge in [-0.05, 0) is 42.8 Å². The summed E-state index contributed by atoms with van der Waals surface area (Å²) >= 11 is 0. The van der Waals surface area contributed by atoms with Gasteiger partial charge in [0.2, 0.25) is 10.0 Å². The van der Waals surface area contributed by atoms with E-state index in [4.69, 9.17) is 4.74 Å². The molecule has 0 aliphatic rings. The van der Waals surface area contributed by atoms with Crippen molar-refractivity contribution in [1.82, 2.24) is 0 Å². The number of hydrogen-bond donors (Lipinski definition) is 1. The fraction of sp³-hybridized carbons (Fsp3) is 0.167. The van der Waals surface area contributed by atoms with Gasteiger partial charge in [0.25, 0.3) is 5.91 Å². The summed E-state index contributed by atoms with van der Waals surface area (Å²) < 4.78 is 31.4. The number of esters is 1. The Bertz CT molecular complexity index is 1210. The van der Waals surface area contributed by atoms with Crippen LogP contribution in [0.5, 0.6) is 0 Å². The standard InChI is InChI=1S/C24H24N2O5S/c1-3-31-24(28)19-12-9-13-20(16-19)25-23(27)21-14-7-8-15-22(21)26(32(2,29)30)17-18-10-5-4-6-11-18/h4-16H,3,17H2,1-2H3,(H,25,27). The molecular formula is C24H24N2O5S. The number of nitrogens with one attached hydrogen (secondary N) is 1. The topological polar surface area (TPSA) is 92.8 Å². The van der Waals surface area contributed by atoms with Crippen molar-refractivity contribution in [3.05, 3.63) is 95.6 Å². The molecule has 0 radical (unpaired) electrons. The Balaban J connectivity index is 1.92. The highest BCUT2D eigenvalue weighted by Crippen LogP contribution is 2.26. The third kappa shape index (κ3) is 5.73. The van der Waals surface area contributed by atoms with E-state index in [1.807, 2.05) is 30.3 Å². The number of rotatable bonds is 8. The largest absolute Gasteiger partial charge is 0.462 e. The molecule has 166 valence electrons. The molecule has 8 heteroatoms. The first-order valence-electron chi connectivity index (χ1n) is 9.99. The molecule has 0 heterocycles. The monoisotopic (exact) mass is 452 g/mol. The van der Waals surface area contributed by atoms with Gasteiger partial charge in [0, 0.05) is 5.69 Å². The minimum atomic E-state index is -3.68. The number of carbonyl (C=O) groups excluding carboxylic acids is 2. The van der Waals surface area contributed by atoms with Gasteiger partial charge in [0.05, 0.1) is 36.2 Å². The van der Waals surface area contributed by atoms with Crippen LogP contribution in [0.3, 0.4) is 0 Å². The predicted molar refractivity (Wildman–Crippen MR) is 124 cm³/mol. The summed E-state index contributed by atoms with van der Waals surface area (Å²) in [5, 5.41) is 2.74. The Hall–Kier alpha value is -3.65. The van der Waals surface area contributed by atoms with Gasteiger partial charge in [-0.2, -0.15) is 0 Å². The molecule has 0 aromatic heterocycles. The number of hydrogen-bond acceptors (Lipinski definition) is 5. The SMILES string of the molecule is CCOC(=O)c1cccc(NC(=O)c2ccccc2N(Cc2ccccc2)S(C)(=O)=O)c1. The third-order valence-corrected chi connectivity index (χ3v) is 5.74. The molecule has 0 saturated heterocycles. The first-order valence-corrected chi connectivity index (χ1v) is 11.8. The van der Waals surface area contributed by atoms with Gasteiger partial charge in [0.15, 0.2) is 0 Å². The molecule has 0 aliphatic carbocycles. The number of anilines is 2. The summed E-state index contributed by atoms with van der Waals surface area (Å²) in [6, 6.07) is 22.0. The Morgan fingerprint density at radius 3 is 2.31 bits per heavy atom. The van der Waals surface area contributed by atoms with Crippen LogP contribution in [0.25, 0.3) is 0 Å². The zero-order chi connectivity index (χ0) is 23.1. The Morgan fingerprint density at radius 2 is 1.62 bits per heavy atom. The van der Waals surface area contributed by atoms with E-state index in [9.17, 15) is 18.0 Å². The number of amides is 1. The summed E-state index contributed by atoms with van der Waals surface area (Å²) in [7, 11) is -3.68. The van der Waals surface area contributed by atoms with Gasteiger partial charge in [-0.25, -0.2) is 13.2 Å². The zero-order valence-electron chi connectivity index (χ0n) is 17.8. The highest BCUT2D eigenvalue weighted by atomic mass is 32.2. The van der Waals surface area contributed by atoms with E-state index in [0.717, 1.165) is 11.8 Å². The highest BCUT2D eigenvalue weighted by molar-refractivity contribution is 7.92. The number of nitrogens with zero attached hydrogens (tertiary/aromatic N) is 1. The van der Waals surface area contributed by atoms with Crippen LogP contribution >= 0.6 is 0 Å². The van der Waals surface area contributed by atoms with Crippen LogP contribution in [0.1, 0.15) is 33.2 Å². The molecule has 0 bridgehead atoms. The maximum atomic E-state index is 13.1. The second-order valence-corrected chi connectivity index (χ2v) is 8.93. The Morgan fingerprint density at radius 1 is 0.938 bits per heavy atom. The number of carbonyl (C=O) groups is 2. The van der Waals surface area contributed by atoms with Crippen molar-refractivity contribution in [2.45, 2.75) is 13.5 Å². The number of para-hydroxylation sites is 1. The van der Waals surface area contributed by atoms with Crippen LogP contribution in [0, 0.1) is 0 Å². The van der Waals surface area contributed by atoms with E-state index in [1.165, 1.54) is 10.4 Å². The summed E-state index contributed by atoms with van der Waals surface area (Å²) in [5.41, 5.74) is 1.94.